The van der Waals surface area contributed by atoms with E-state index in [1.807, 2.05) is 17.0 Å². The standard InChI is InChI=1S/C16H25NO2S/c1-3-5-11-17(12-6-4-2)16(19)13-20-15-10-8-7-9-14(15)18/h7-10,18H,3-6,11-13H2,1-2H3. The lowest BCUT2D eigenvalue weighted by Gasteiger charge is -2.22. The van der Waals surface area contributed by atoms with Gasteiger partial charge in [0.15, 0.2) is 0 Å². The van der Waals surface area contributed by atoms with Crippen LogP contribution in [-0.2, 0) is 4.79 Å². The minimum atomic E-state index is 0.167. The summed E-state index contributed by atoms with van der Waals surface area (Å²) in [6.07, 6.45) is 4.30. The number of hydrogen-bond donors (Lipinski definition) is 1. The summed E-state index contributed by atoms with van der Waals surface area (Å²) in [4.78, 5) is 15.0. The first kappa shape index (κ1) is 16.9. The molecule has 0 aromatic heterocycles. The largest absolute Gasteiger partial charge is 0.507 e. The van der Waals surface area contributed by atoms with Crippen LogP contribution in [0, 0.1) is 0 Å². The Kier molecular flexibility index (Phi) is 8.19. The Morgan fingerprint density at radius 2 is 1.75 bits per heavy atom. The van der Waals surface area contributed by atoms with Crippen molar-refractivity contribution in [2.45, 2.75) is 44.4 Å². The molecule has 4 heteroatoms. The molecule has 1 rings (SSSR count). The van der Waals surface area contributed by atoms with Crippen molar-refractivity contribution in [1.82, 2.24) is 4.90 Å². The third-order valence-corrected chi connectivity index (χ3v) is 4.18. The number of hydrogen-bond acceptors (Lipinski definition) is 3. The number of carbonyl (C=O) groups excluding carboxylic acids is 1. The van der Waals surface area contributed by atoms with Crippen molar-refractivity contribution in [3.05, 3.63) is 24.3 Å². The fourth-order valence-corrected chi connectivity index (χ4v) is 2.72. The smallest absolute Gasteiger partial charge is 0.232 e. The number of rotatable bonds is 9. The Morgan fingerprint density at radius 1 is 1.15 bits per heavy atom. The molecule has 20 heavy (non-hydrogen) atoms. The van der Waals surface area contributed by atoms with Crippen molar-refractivity contribution in [3.8, 4) is 5.75 Å². The van der Waals surface area contributed by atoms with Crippen molar-refractivity contribution in [3.63, 3.8) is 0 Å². The second-order valence-corrected chi connectivity index (χ2v) is 5.86. The number of thioether (sulfide) groups is 1. The van der Waals surface area contributed by atoms with Gasteiger partial charge in [-0.05, 0) is 25.0 Å². The summed E-state index contributed by atoms with van der Waals surface area (Å²) < 4.78 is 0. The molecule has 1 N–H and O–H groups in total. The van der Waals surface area contributed by atoms with Gasteiger partial charge in [-0.25, -0.2) is 0 Å². The zero-order valence-corrected chi connectivity index (χ0v) is 13.3. The highest BCUT2D eigenvalue weighted by molar-refractivity contribution is 8.00. The number of benzene rings is 1. The maximum absolute atomic E-state index is 12.3. The first-order valence-corrected chi connectivity index (χ1v) is 8.36. The molecule has 0 aliphatic rings. The quantitative estimate of drug-likeness (QED) is 0.702. The van der Waals surface area contributed by atoms with Crippen LogP contribution in [0.25, 0.3) is 0 Å². The molecule has 0 heterocycles. The molecule has 0 aliphatic carbocycles. The van der Waals surface area contributed by atoms with E-state index >= 15 is 0 Å². The molecule has 0 aliphatic heterocycles. The van der Waals surface area contributed by atoms with Gasteiger partial charge in [-0.3, -0.25) is 4.79 Å². The molecular weight excluding hydrogens is 270 g/mol. The number of nitrogens with zero attached hydrogens (tertiary/aromatic N) is 1. The van der Waals surface area contributed by atoms with Crippen molar-refractivity contribution in [1.29, 1.82) is 0 Å². The second-order valence-electron chi connectivity index (χ2n) is 4.84. The van der Waals surface area contributed by atoms with Crippen LogP contribution >= 0.6 is 11.8 Å². The third-order valence-electron chi connectivity index (χ3n) is 3.13. The zero-order chi connectivity index (χ0) is 14.8. The molecule has 0 saturated carbocycles. The molecule has 1 aromatic rings. The summed E-state index contributed by atoms with van der Waals surface area (Å²) in [6.45, 7) is 5.96. The Bertz CT molecular complexity index is 401. The minimum Gasteiger partial charge on any atom is -0.507 e. The molecule has 0 fully saturated rings. The zero-order valence-electron chi connectivity index (χ0n) is 12.5. The first-order valence-electron chi connectivity index (χ1n) is 7.37. The number of carbonyl (C=O) groups is 1. The van der Waals surface area contributed by atoms with E-state index in [9.17, 15) is 9.90 Å². The fraction of sp³-hybridized carbons (Fsp3) is 0.562. The molecule has 0 spiro atoms. The van der Waals surface area contributed by atoms with E-state index in [0.717, 1.165) is 43.7 Å². The Hall–Kier alpha value is -1.16. The molecule has 0 saturated heterocycles. The summed E-state index contributed by atoms with van der Waals surface area (Å²) in [5.74, 6) is 0.810. The number of amides is 1. The van der Waals surface area contributed by atoms with Gasteiger partial charge >= 0.3 is 0 Å². The topological polar surface area (TPSA) is 40.5 Å². The van der Waals surface area contributed by atoms with Gasteiger partial charge in [0.25, 0.3) is 0 Å². The molecule has 1 amide bonds. The van der Waals surface area contributed by atoms with Crippen LogP contribution in [0.1, 0.15) is 39.5 Å². The van der Waals surface area contributed by atoms with E-state index in [1.54, 1.807) is 12.1 Å². The Morgan fingerprint density at radius 3 is 2.30 bits per heavy atom. The van der Waals surface area contributed by atoms with E-state index in [-0.39, 0.29) is 11.7 Å². The molecule has 0 atom stereocenters. The molecule has 0 bridgehead atoms. The van der Waals surface area contributed by atoms with E-state index in [4.69, 9.17) is 0 Å². The maximum Gasteiger partial charge on any atom is 0.232 e. The Balaban J connectivity index is 2.50. The van der Waals surface area contributed by atoms with E-state index in [0.29, 0.717) is 5.75 Å². The van der Waals surface area contributed by atoms with E-state index in [2.05, 4.69) is 13.8 Å². The molecule has 0 radical (unpaired) electrons. The predicted octanol–water partition coefficient (Wildman–Crippen LogP) is 3.91. The number of phenols is 1. The summed E-state index contributed by atoms with van der Waals surface area (Å²) in [5, 5.41) is 9.70. The first-order chi connectivity index (χ1) is 9.69. The maximum atomic E-state index is 12.3. The number of para-hydroxylation sites is 1. The van der Waals surface area contributed by atoms with Gasteiger partial charge in [-0.1, -0.05) is 38.8 Å². The van der Waals surface area contributed by atoms with E-state index < -0.39 is 0 Å². The SMILES string of the molecule is CCCCN(CCCC)C(=O)CSc1ccccc1O. The Labute approximate surface area is 126 Å². The average Bonchev–Trinajstić information content (AvgIpc) is 2.46. The van der Waals surface area contributed by atoms with Crippen molar-refractivity contribution in [2.24, 2.45) is 0 Å². The monoisotopic (exact) mass is 295 g/mol. The third kappa shape index (κ3) is 5.87. The number of unbranched alkanes of at least 4 members (excludes halogenated alkanes) is 2. The van der Waals surface area contributed by atoms with Crippen LogP contribution in [0.4, 0.5) is 0 Å². The summed E-state index contributed by atoms with van der Waals surface area (Å²) in [5.41, 5.74) is 0. The van der Waals surface area contributed by atoms with Crippen molar-refractivity contribution in [2.75, 3.05) is 18.8 Å². The van der Waals surface area contributed by atoms with Crippen LogP contribution in [0.15, 0.2) is 29.2 Å². The van der Waals surface area contributed by atoms with Crippen molar-refractivity contribution >= 4 is 17.7 Å². The van der Waals surface area contributed by atoms with Gasteiger partial charge in [0, 0.05) is 18.0 Å². The summed E-state index contributed by atoms with van der Waals surface area (Å²) in [7, 11) is 0. The normalized spacial score (nSPS) is 10.5. The van der Waals surface area contributed by atoms with Crippen LogP contribution in [-0.4, -0.2) is 34.8 Å². The van der Waals surface area contributed by atoms with Crippen LogP contribution in [0.2, 0.25) is 0 Å². The van der Waals surface area contributed by atoms with Crippen LogP contribution < -0.4 is 0 Å². The lowest BCUT2D eigenvalue weighted by Crippen LogP contribution is -2.34. The highest BCUT2D eigenvalue weighted by Gasteiger charge is 2.13. The van der Waals surface area contributed by atoms with Gasteiger partial charge in [0.1, 0.15) is 5.75 Å². The van der Waals surface area contributed by atoms with Gasteiger partial charge in [0.2, 0.25) is 5.91 Å². The highest BCUT2D eigenvalue weighted by Crippen LogP contribution is 2.27. The summed E-state index contributed by atoms with van der Waals surface area (Å²) in [6, 6.07) is 7.16. The van der Waals surface area contributed by atoms with Gasteiger partial charge < -0.3 is 10.0 Å². The molecule has 112 valence electrons. The van der Waals surface area contributed by atoms with E-state index in [1.165, 1.54) is 11.8 Å². The van der Waals surface area contributed by atoms with Crippen molar-refractivity contribution < 1.29 is 9.90 Å². The van der Waals surface area contributed by atoms with Gasteiger partial charge in [-0.2, -0.15) is 0 Å². The predicted molar refractivity (Wildman–Crippen MR) is 85.2 cm³/mol. The average molecular weight is 295 g/mol. The fourth-order valence-electron chi connectivity index (χ4n) is 1.87. The lowest BCUT2D eigenvalue weighted by molar-refractivity contribution is -0.128. The highest BCUT2D eigenvalue weighted by atomic mass is 32.2. The number of phenolic OH excluding ortho intramolecular Hbond substituents is 1. The van der Waals surface area contributed by atoms with Crippen LogP contribution in [0.3, 0.4) is 0 Å². The lowest BCUT2D eigenvalue weighted by atomic mass is 10.2. The second kappa shape index (κ2) is 9.70. The number of aromatic hydroxyl groups is 1. The molecular formula is C16H25NO2S. The molecule has 3 nitrogen and oxygen atoms in total. The summed E-state index contributed by atoms with van der Waals surface area (Å²) >= 11 is 1.41. The van der Waals surface area contributed by atoms with Gasteiger partial charge in [0.05, 0.1) is 5.75 Å². The molecule has 1 aromatic carbocycles. The van der Waals surface area contributed by atoms with Gasteiger partial charge in [-0.15, -0.1) is 11.8 Å². The van der Waals surface area contributed by atoms with Crippen LogP contribution in [0.5, 0.6) is 5.75 Å². The molecule has 0 unspecified atom stereocenters. The minimum absolute atomic E-state index is 0.167.